The summed E-state index contributed by atoms with van der Waals surface area (Å²) < 4.78 is 13.3. The lowest BCUT2D eigenvalue weighted by Crippen LogP contribution is -2.36. The number of hydrogen-bond acceptors (Lipinski definition) is 1. The SMILES string of the molecule is CC(C)(C)C1CCC(CN)C(Cc2cccc(F)c2)C1. The molecule has 20 heavy (non-hydrogen) atoms. The summed E-state index contributed by atoms with van der Waals surface area (Å²) in [6.45, 7) is 7.76. The number of nitrogens with two attached hydrogens (primary N) is 1. The van der Waals surface area contributed by atoms with Crippen LogP contribution in [0, 0.1) is 29.0 Å². The van der Waals surface area contributed by atoms with Crippen molar-refractivity contribution in [3.05, 3.63) is 35.6 Å². The molecule has 0 aromatic heterocycles. The van der Waals surface area contributed by atoms with Crippen molar-refractivity contribution >= 4 is 0 Å². The summed E-state index contributed by atoms with van der Waals surface area (Å²) in [5, 5.41) is 0. The zero-order valence-corrected chi connectivity index (χ0v) is 13.0. The maximum Gasteiger partial charge on any atom is 0.123 e. The molecule has 1 aliphatic carbocycles. The Bertz CT molecular complexity index is 435. The highest BCUT2D eigenvalue weighted by atomic mass is 19.1. The molecule has 0 aliphatic heterocycles. The van der Waals surface area contributed by atoms with Crippen LogP contribution in [0.2, 0.25) is 0 Å². The van der Waals surface area contributed by atoms with E-state index in [0.717, 1.165) is 24.4 Å². The fourth-order valence-corrected chi connectivity index (χ4v) is 3.64. The lowest BCUT2D eigenvalue weighted by atomic mass is 9.64. The Balaban J connectivity index is 2.09. The smallest absolute Gasteiger partial charge is 0.123 e. The van der Waals surface area contributed by atoms with Crippen LogP contribution in [-0.4, -0.2) is 6.54 Å². The van der Waals surface area contributed by atoms with Crippen molar-refractivity contribution < 1.29 is 4.39 Å². The molecule has 2 heteroatoms. The maximum absolute atomic E-state index is 13.3. The van der Waals surface area contributed by atoms with Gasteiger partial charge in [-0.05, 0) is 73.1 Å². The van der Waals surface area contributed by atoms with Crippen molar-refractivity contribution in [3.8, 4) is 0 Å². The lowest BCUT2D eigenvalue weighted by Gasteiger charge is -2.41. The molecule has 0 heterocycles. The minimum Gasteiger partial charge on any atom is -0.330 e. The first-order valence-electron chi connectivity index (χ1n) is 7.84. The molecule has 1 aliphatic rings. The van der Waals surface area contributed by atoms with E-state index < -0.39 is 0 Å². The number of benzene rings is 1. The van der Waals surface area contributed by atoms with E-state index in [2.05, 4.69) is 20.8 Å². The molecule has 112 valence electrons. The summed E-state index contributed by atoms with van der Waals surface area (Å²) in [5.74, 6) is 1.82. The van der Waals surface area contributed by atoms with Crippen LogP contribution >= 0.6 is 0 Å². The molecule has 0 saturated heterocycles. The minimum absolute atomic E-state index is 0.130. The predicted octanol–water partition coefficient (Wildman–Crippen LogP) is 4.41. The summed E-state index contributed by atoms with van der Waals surface area (Å²) in [5.41, 5.74) is 7.43. The largest absolute Gasteiger partial charge is 0.330 e. The Morgan fingerprint density at radius 2 is 1.95 bits per heavy atom. The number of rotatable bonds is 3. The second-order valence-corrected chi connectivity index (χ2v) is 7.47. The van der Waals surface area contributed by atoms with Gasteiger partial charge in [0.2, 0.25) is 0 Å². The van der Waals surface area contributed by atoms with E-state index in [1.165, 1.54) is 25.3 Å². The molecule has 0 amide bonds. The second kappa shape index (κ2) is 6.26. The van der Waals surface area contributed by atoms with Crippen molar-refractivity contribution in [3.63, 3.8) is 0 Å². The van der Waals surface area contributed by atoms with Crippen molar-refractivity contribution in [1.29, 1.82) is 0 Å². The molecule has 0 radical (unpaired) electrons. The fraction of sp³-hybridized carbons (Fsp3) is 0.667. The van der Waals surface area contributed by atoms with Crippen LogP contribution in [0.5, 0.6) is 0 Å². The Labute approximate surface area is 122 Å². The van der Waals surface area contributed by atoms with E-state index >= 15 is 0 Å². The zero-order valence-electron chi connectivity index (χ0n) is 13.0. The fourth-order valence-electron chi connectivity index (χ4n) is 3.64. The first-order valence-corrected chi connectivity index (χ1v) is 7.84. The van der Waals surface area contributed by atoms with E-state index in [-0.39, 0.29) is 5.82 Å². The van der Waals surface area contributed by atoms with Crippen molar-refractivity contribution in [2.75, 3.05) is 6.54 Å². The molecule has 3 unspecified atom stereocenters. The van der Waals surface area contributed by atoms with Crippen LogP contribution in [-0.2, 0) is 6.42 Å². The number of hydrogen-bond donors (Lipinski definition) is 1. The van der Waals surface area contributed by atoms with E-state index in [1.807, 2.05) is 12.1 Å². The first-order chi connectivity index (χ1) is 9.40. The first kappa shape index (κ1) is 15.5. The standard InChI is InChI=1S/C18H28FN/c1-18(2,3)16-8-7-14(12-20)15(11-16)9-13-5-4-6-17(19)10-13/h4-6,10,14-16H,7-9,11-12,20H2,1-3H3. The quantitative estimate of drug-likeness (QED) is 0.870. The summed E-state index contributed by atoms with van der Waals surface area (Å²) >= 11 is 0. The topological polar surface area (TPSA) is 26.0 Å². The van der Waals surface area contributed by atoms with Gasteiger partial charge in [0.15, 0.2) is 0 Å². The van der Waals surface area contributed by atoms with Gasteiger partial charge in [0, 0.05) is 0 Å². The molecule has 2 rings (SSSR count). The molecule has 1 aromatic carbocycles. The Kier molecular flexibility index (Phi) is 4.85. The molecule has 2 N–H and O–H groups in total. The summed E-state index contributed by atoms with van der Waals surface area (Å²) in [6, 6.07) is 7.04. The second-order valence-electron chi connectivity index (χ2n) is 7.47. The average Bonchev–Trinajstić information content (AvgIpc) is 2.37. The minimum atomic E-state index is -0.130. The van der Waals surface area contributed by atoms with E-state index in [9.17, 15) is 4.39 Å². The third-order valence-corrected chi connectivity index (χ3v) is 5.05. The van der Waals surface area contributed by atoms with Crippen LogP contribution in [0.3, 0.4) is 0 Å². The molecule has 1 aromatic rings. The highest BCUT2D eigenvalue weighted by Crippen LogP contribution is 2.43. The van der Waals surface area contributed by atoms with Gasteiger partial charge in [0.25, 0.3) is 0 Å². The maximum atomic E-state index is 13.3. The molecule has 0 spiro atoms. The lowest BCUT2D eigenvalue weighted by molar-refractivity contribution is 0.101. The molecular formula is C18H28FN. The molecule has 1 saturated carbocycles. The highest BCUT2D eigenvalue weighted by Gasteiger charge is 2.35. The molecule has 1 nitrogen and oxygen atoms in total. The van der Waals surface area contributed by atoms with Crippen LogP contribution in [0.4, 0.5) is 4.39 Å². The van der Waals surface area contributed by atoms with Gasteiger partial charge >= 0.3 is 0 Å². The van der Waals surface area contributed by atoms with Gasteiger partial charge < -0.3 is 5.73 Å². The summed E-state index contributed by atoms with van der Waals surface area (Å²) in [4.78, 5) is 0. The Morgan fingerprint density at radius 1 is 1.20 bits per heavy atom. The van der Waals surface area contributed by atoms with Crippen LogP contribution in [0.15, 0.2) is 24.3 Å². The van der Waals surface area contributed by atoms with Crippen molar-refractivity contribution in [2.45, 2.75) is 46.5 Å². The van der Waals surface area contributed by atoms with Crippen LogP contribution in [0.25, 0.3) is 0 Å². The van der Waals surface area contributed by atoms with Gasteiger partial charge in [0.05, 0.1) is 0 Å². The Morgan fingerprint density at radius 3 is 2.55 bits per heavy atom. The zero-order chi connectivity index (χ0) is 14.8. The summed E-state index contributed by atoms with van der Waals surface area (Å²) in [6.07, 6.45) is 4.69. The van der Waals surface area contributed by atoms with Gasteiger partial charge in [-0.3, -0.25) is 0 Å². The molecule has 0 bridgehead atoms. The normalized spacial score (nSPS) is 27.6. The third-order valence-electron chi connectivity index (χ3n) is 5.05. The summed E-state index contributed by atoms with van der Waals surface area (Å²) in [7, 11) is 0. The Hall–Kier alpha value is -0.890. The van der Waals surface area contributed by atoms with Crippen LogP contribution < -0.4 is 5.73 Å². The van der Waals surface area contributed by atoms with E-state index in [1.54, 1.807) is 6.07 Å². The monoisotopic (exact) mass is 277 g/mol. The molecular weight excluding hydrogens is 249 g/mol. The molecule has 1 fully saturated rings. The van der Waals surface area contributed by atoms with E-state index in [4.69, 9.17) is 5.73 Å². The van der Waals surface area contributed by atoms with Gasteiger partial charge in [-0.1, -0.05) is 32.9 Å². The van der Waals surface area contributed by atoms with Crippen molar-refractivity contribution in [2.24, 2.45) is 28.9 Å². The van der Waals surface area contributed by atoms with Crippen LogP contribution in [0.1, 0.15) is 45.6 Å². The average molecular weight is 277 g/mol. The predicted molar refractivity (Wildman–Crippen MR) is 82.9 cm³/mol. The third kappa shape index (κ3) is 3.82. The van der Waals surface area contributed by atoms with Gasteiger partial charge in [-0.25, -0.2) is 4.39 Å². The van der Waals surface area contributed by atoms with Crippen molar-refractivity contribution in [1.82, 2.24) is 0 Å². The van der Waals surface area contributed by atoms with E-state index in [0.29, 0.717) is 17.3 Å². The van der Waals surface area contributed by atoms with Gasteiger partial charge in [0.1, 0.15) is 5.82 Å². The highest BCUT2D eigenvalue weighted by molar-refractivity contribution is 5.17. The molecule has 3 atom stereocenters. The van der Waals surface area contributed by atoms with Gasteiger partial charge in [-0.2, -0.15) is 0 Å². The number of halogens is 1. The van der Waals surface area contributed by atoms with Gasteiger partial charge in [-0.15, -0.1) is 0 Å².